The van der Waals surface area contributed by atoms with Crippen molar-refractivity contribution in [3.8, 4) is 0 Å². The van der Waals surface area contributed by atoms with E-state index >= 15 is 0 Å². The fourth-order valence-corrected chi connectivity index (χ4v) is 2.67. The molecule has 4 nitrogen and oxygen atoms in total. The summed E-state index contributed by atoms with van der Waals surface area (Å²) in [7, 11) is 1.71. The lowest BCUT2D eigenvalue weighted by Crippen LogP contribution is -2.47. The van der Waals surface area contributed by atoms with Crippen molar-refractivity contribution in [2.45, 2.75) is 25.6 Å². The summed E-state index contributed by atoms with van der Waals surface area (Å²) in [4.78, 5) is 2.44. The molecule has 1 heterocycles. The Morgan fingerprint density at radius 1 is 1.42 bits per heavy atom. The highest BCUT2D eigenvalue weighted by Crippen LogP contribution is 2.24. The van der Waals surface area contributed by atoms with Crippen molar-refractivity contribution in [2.24, 2.45) is 5.73 Å². The Bertz CT molecular complexity index is 380. The molecule has 1 fully saturated rings. The average Bonchev–Trinajstić information content (AvgIpc) is 2.44. The smallest absolute Gasteiger partial charge is 0.0713 e. The highest BCUT2D eigenvalue weighted by atomic mass is 16.5. The van der Waals surface area contributed by atoms with Gasteiger partial charge in [0, 0.05) is 32.3 Å². The molecule has 0 aromatic heterocycles. The van der Waals surface area contributed by atoms with E-state index in [9.17, 15) is 0 Å². The Hall–Kier alpha value is -0.940. The van der Waals surface area contributed by atoms with Crippen LogP contribution in [0.1, 0.15) is 24.1 Å². The zero-order valence-corrected chi connectivity index (χ0v) is 11.8. The zero-order chi connectivity index (χ0) is 13.7. The van der Waals surface area contributed by atoms with Gasteiger partial charge in [0.05, 0.1) is 19.8 Å². The first kappa shape index (κ1) is 14.5. The minimum absolute atomic E-state index is 0.274. The van der Waals surface area contributed by atoms with E-state index in [0.29, 0.717) is 19.2 Å². The molecule has 1 aromatic carbocycles. The average molecular weight is 264 g/mol. The van der Waals surface area contributed by atoms with Gasteiger partial charge in [0.15, 0.2) is 0 Å². The molecule has 1 saturated heterocycles. The maximum atomic E-state index is 5.99. The number of nitrogens with zero attached hydrogens (tertiary/aromatic N) is 1. The molecule has 2 atom stereocenters. The second kappa shape index (κ2) is 7.01. The standard InChI is InChI=1S/C15H24N2O2/c1-12-10-19-8-7-17(12)15(9-16)14-5-3-13(4-6-14)11-18-2/h3-6,12,15H,7-11,16H2,1-2H3. The molecule has 2 rings (SSSR count). The van der Waals surface area contributed by atoms with Gasteiger partial charge in [0.2, 0.25) is 0 Å². The first-order chi connectivity index (χ1) is 9.26. The summed E-state index contributed by atoms with van der Waals surface area (Å²) >= 11 is 0. The number of hydrogen-bond donors (Lipinski definition) is 1. The maximum absolute atomic E-state index is 5.99. The van der Waals surface area contributed by atoms with E-state index in [1.807, 2.05) is 0 Å². The van der Waals surface area contributed by atoms with E-state index in [1.54, 1.807) is 7.11 Å². The number of hydrogen-bond acceptors (Lipinski definition) is 4. The lowest BCUT2D eigenvalue weighted by molar-refractivity contribution is -0.0209. The summed E-state index contributed by atoms with van der Waals surface area (Å²) in [5.74, 6) is 0. The number of nitrogens with two attached hydrogens (primary N) is 1. The van der Waals surface area contributed by atoms with Gasteiger partial charge in [-0.3, -0.25) is 4.90 Å². The lowest BCUT2D eigenvalue weighted by atomic mass is 10.0. The SMILES string of the molecule is COCc1ccc(C(CN)N2CCOCC2C)cc1. The third-order valence-electron chi connectivity index (χ3n) is 3.72. The van der Waals surface area contributed by atoms with E-state index in [1.165, 1.54) is 11.1 Å². The quantitative estimate of drug-likeness (QED) is 0.876. The summed E-state index contributed by atoms with van der Waals surface area (Å²) < 4.78 is 10.6. The topological polar surface area (TPSA) is 47.7 Å². The second-order valence-electron chi connectivity index (χ2n) is 5.09. The van der Waals surface area contributed by atoms with Crippen LogP contribution in [-0.2, 0) is 16.1 Å². The van der Waals surface area contributed by atoms with Gasteiger partial charge >= 0.3 is 0 Å². The van der Waals surface area contributed by atoms with Gasteiger partial charge in [-0.25, -0.2) is 0 Å². The van der Waals surface area contributed by atoms with Crippen molar-refractivity contribution in [1.82, 2.24) is 4.90 Å². The van der Waals surface area contributed by atoms with E-state index in [4.69, 9.17) is 15.2 Å². The molecule has 0 spiro atoms. The van der Waals surface area contributed by atoms with Gasteiger partial charge in [-0.05, 0) is 18.1 Å². The van der Waals surface area contributed by atoms with Gasteiger partial charge in [0.25, 0.3) is 0 Å². The fourth-order valence-electron chi connectivity index (χ4n) is 2.67. The summed E-state index contributed by atoms with van der Waals surface area (Å²) in [5, 5.41) is 0. The van der Waals surface area contributed by atoms with Crippen LogP contribution in [0.4, 0.5) is 0 Å². The third kappa shape index (κ3) is 3.54. The molecule has 106 valence electrons. The molecular weight excluding hydrogens is 240 g/mol. The maximum Gasteiger partial charge on any atom is 0.0713 e. The summed E-state index contributed by atoms with van der Waals surface area (Å²) in [6.45, 7) is 6.01. The first-order valence-electron chi connectivity index (χ1n) is 6.87. The highest BCUT2D eigenvalue weighted by molar-refractivity contribution is 5.25. The summed E-state index contributed by atoms with van der Waals surface area (Å²) in [5.41, 5.74) is 8.45. The van der Waals surface area contributed by atoms with Crippen molar-refractivity contribution >= 4 is 0 Å². The predicted octanol–water partition coefficient (Wildman–Crippen LogP) is 1.55. The third-order valence-corrected chi connectivity index (χ3v) is 3.72. The lowest BCUT2D eigenvalue weighted by Gasteiger charge is -2.39. The van der Waals surface area contributed by atoms with E-state index in [2.05, 4.69) is 36.1 Å². The summed E-state index contributed by atoms with van der Waals surface area (Å²) in [6, 6.07) is 9.25. The van der Waals surface area contributed by atoms with Crippen LogP contribution in [0.5, 0.6) is 0 Å². The monoisotopic (exact) mass is 264 g/mol. The van der Waals surface area contributed by atoms with Crippen LogP contribution in [0, 0.1) is 0 Å². The van der Waals surface area contributed by atoms with Crippen molar-refractivity contribution < 1.29 is 9.47 Å². The molecule has 19 heavy (non-hydrogen) atoms. The molecule has 0 bridgehead atoms. The van der Waals surface area contributed by atoms with Crippen LogP contribution in [0.25, 0.3) is 0 Å². The molecule has 0 radical (unpaired) electrons. The van der Waals surface area contributed by atoms with E-state index < -0.39 is 0 Å². The molecule has 0 amide bonds. The van der Waals surface area contributed by atoms with Gasteiger partial charge in [-0.2, -0.15) is 0 Å². The predicted molar refractivity (Wildman–Crippen MR) is 75.9 cm³/mol. The van der Waals surface area contributed by atoms with Crippen molar-refractivity contribution in [1.29, 1.82) is 0 Å². The minimum Gasteiger partial charge on any atom is -0.380 e. The minimum atomic E-state index is 0.274. The van der Waals surface area contributed by atoms with Crippen LogP contribution < -0.4 is 5.73 Å². The Kier molecular flexibility index (Phi) is 5.34. The molecule has 1 aliphatic heterocycles. The van der Waals surface area contributed by atoms with Gasteiger partial charge in [-0.15, -0.1) is 0 Å². The number of rotatable bonds is 5. The molecule has 4 heteroatoms. The Morgan fingerprint density at radius 3 is 2.74 bits per heavy atom. The molecule has 0 saturated carbocycles. The fraction of sp³-hybridized carbons (Fsp3) is 0.600. The highest BCUT2D eigenvalue weighted by Gasteiger charge is 2.26. The Morgan fingerprint density at radius 2 is 2.16 bits per heavy atom. The molecule has 2 unspecified atom stereocenters. The molecule has 0 aliphatic carbocycles. The van der Waals surface area contributed by atoms with Crippen molar-refractivity contribution in [3.63, 3.8) is 0 Å². The van der Waals surface area contributed by atoms with Gasteiger partial charge in [0.1, 0.15) is 0 Å². The molecule has 1 aliphatic rings. The van der Waals surface area contributed by atoms with Crippen molar-refractivity contribution in [3.05, 3.63) is 35.4 Å². The summed E-state index contributed by atoms with van der Waals surface area (Å²) in [6.07, 6.45) is 0. The van der Waals surface area contributed by atoms with Crippen LogP contribution in [0.15, 0.2) is 24.3 Å². The Balaban J connectivity index is 2.11. The van der Waals surface area contributed by atoms with E-state index in [0.717, 1.165) is 19.8 Å². The number of methoxy groups -OCH3 is 1. The van der Waals surface area contributed by atoms with Crippen LogP contribution >= 0.6 is 0 Å². The number of ether oxygens (including phenoxy) is 2. The normalized spacial score (nSPS) is 22.4. The number of morpholine rings is 1. The largest absolute Gasteiger partial charge is 0.380 e. The van der Waals surface area contributed by atoms with Gasteiger partial charge < -0.3 is 15.2 Å². The first-order valence-corrected chi connectivity index (χ1v) is 6.87. The number of benzene rings is 1. The van der Waals surface area contributed by atoms with Crippen LogP contribution in [0.2, 0.25) is 0 Å². The molecule has 1 aromatic rings. The molecular formula is C15H24N2O2. The molecule has 2 N–H and O–H groups in total. The van der Waals surface area contributed by atoms with E-state index in [-0.39, 0.29) is 6.04 Å². The Labute approximate surface area is 115 Å². The van der Waals surface area contributed by atoms with Crippen LogP contribution in [-0.4, -0.2) is 44.4 Å². The van der Waals surface area contributed by atoms with Gasteiger partial charge in [-0.1, -0.05) is 24.3 Å². The zero-order valence-electron chi connectivity index (χ0n) is 11.8. The van der Waals surface area contributed by atoms with Crippen LogP contribution in [0.3, 0.4) is 0 Å². The second-order valence-corrected chi connectivity index (χ2v) is 5.09. The van der Waals surface area contributed by atoms with Crippen molar-refractivity contribution in [2.75, 3.05) is 33.4 Å².